The Morgan fingerprint density at radius 2 is 2.13 bits per heavy atom. The molecule has 0 spiro atoms. The summed E-state index contributed by atoms with van der Waals surface area (Å²) >= 11 is 1.92. The number of hydrogen-bond acceptors (Lipinski definition) is 4. The van der Waals surface area contributed by atoms with Gasteiger partial charge in [-0.25, -0.2) is 10.2 Å². The minimum atomic E-state index is -0.441. The monoisotopic (exact) mass is 232 g/mol. The van der Waals surface area contributed by atoms with Gasteiger partial charge in [0.05, 0.1) is 0 Å². The van der Waals surface area contributed by atoms with Crippen LogP contribution < -0.4 is 10.9 Å². The summed E-state index contributed by atoms with van der Waals surface area (Å²) in [6.07, 6.45) is 0.674. The quantitative estimate of drug-likeness (QED) is 0.714. The fourth-order valence-electron chi connectivity index (χ4n) is 1.38. The molecule has 2 unspecified atom stereocenters. The fourth-order valence-corrected chi connectivity index (χ4v) is 2.53. The Hall–Kier alpha value is -0.420. The number of rotatable bonds is 2. The normalized spacial score (nSPS) is 26.4. The summed E-state index contributed by atoms with van der Waals surface area (Å²) in [5.41, 5.74) is 5.13. The van der Waals surface area contributed by atoms with Crippen molar-refractivity contribution in [2.24, 2.45) is 0 Å². The molecule has 5 heteroatoms. The first kappa shape index (κ1) is 12.6. The molecule has 2 N–H and O–H groups in total. The van der Waals surface area contributed by atoms with Crippen molar-refractivity contribution in [1.82, 2.24) is 10.9 Å². The first-order chi connectivity index (χ1) is 6.87. The third-order valence-electron chi connectivity index (χ3n) is 1.98. The maximum absolute atomic E-state index is 11.3. The first-order valence-corrected chi connectivity index (χ1v) is 6.28. The van der Waals surface area contributed by atoms with Gasteiger partial charge in [0.15, 0.2) is 0 Å². The number of carbonyl (C=O) groups is 1. The van der Waals surface area contributed by atoms with Crippen molar-refractivity contribution in [2.75, 3.05) is 5.75 Å². The highest BCUT2D eigenvalue weighted by Crippen LogP contribution is 2.25. The molecule has 1 aliphatic heterocycles. The summed E-state index contributed by atoms with van der Waals surface area (Å²) in [6, 6.07) is 0.359. The Kier molecular flexibility index (Phi) is 4.28. The molecule has 1 amide bonds. The molecule has 1 heterocycles. The van der Waals surface area contributed by atoms with Crippen LogP contribution >= 0.6 is 11.8 Å². The van der Waals surface area contributed by atoms with Crippen LogP contribution in [0.3, 0.4) is 0 Å². The second-order valence-electron chi connectivity index (χ2n) is 4.85. The second kappa shape index (κ2) is 5.07. The van der Waals surface area contributed by atoms with E-state index in [1.165, 1.54) is 0 Å². The van der Waals surface area contributed by atoms with Gasteiger partial charge in [-0.2, -0.15) is 11.8 Å². The van der Waals surface area contributed by atoms with E-state index in [1.54, 1.807) is 0 Å². The van der Waals surface area contributed by atoms with Crippen molar-refractivity contribution >= 4 is 17.9 Å². The van der Waals surface area contributed by atoms with Gasteiger partial charge in [-0.05, 0) is 27.2 Å². The van der Waals surface area contributed by atoms with E-state index < -0.39 is 11.7 Å². The summed E-state index contributed by atoms with van der Waals surface area (Å²) in [6.45, 7) is 7.74. The van der Waals surface area contributed by atoms with E-state index >= 15 is 0 Å². The van der Waals surface area contributed by atoms with Gasteiger partial charge in [0.25, 0.3) is 0 Å². The Morgan fingerprint density at radius 1 is 1.47 bits per heavy atom. The van der Waals surface area contributed by atoms with Gasteiger partial charge in [-0.3, -0.25) is 5.43 Å². The van der Waals surface area contributed by atoms with Gasteiger partial charge in [0.2, 0.25) is 0 Å². The summed E-state index contributed by atoms with van der Waals surface area (Å²) in [5.74, 6) is 1.04. The number of nitrogens with one attached hydrogen (secondary N) is 2. The Bertz CT molecular complexity index is 228. The van der Waals surface area contributed by atoms with Crippen molar-refractivity contribution in [3.63, 3.8) is 0 Å². The molecule has 0 aromatic rings. The molecule has 0 aromatic heterocycles. The summed E-state index contributed by atoms with van der Waals surface area (Å²) in [4.78, 5) is 11.3. The van der Waals surface area contributed by atoms with Crippen LogP contribution in [0.5, 0.6) is 0 Å². The molecule has 1 rings (SSSR count). The molecule has 15 heavy (non-hydrogen) atoms. The zero-order valence-corrected chi connectivity index (χ0v) is 10.6. The van der Waals surface area contributed by atoms with E-state index in [9.17, 15) is 4.79 Å². The standard InChI is InChI=1S/C10H20N2O2S/c1-7-5-8(6-15-7)11-12-9(13)14-10(2,3)4/h7-8,11H,5-6H2,1-4H3,(H,12,13). The molecule has 1 fully saturated rings. The molecule has 0 radical (unpaired) electrons. The molecular formula is C10H20N2O2S. The highest BCUT2D eigenvalue weighted by Gasteiger charge is 2.23. The smallest absolute Gasteiger partial charge is 0.422 e. The van der Waals surface area contributed by atoms with Gasteiger partial charge in [0, 0.05) is 17.0 Å². The van der Waals surface area contributed by atoms with E-state index in [-0.39, 0.29) is 0 Å². The summed E-state index contributed by atoms with van der Waals surface area (Å²) in [5, 5.41) is 0.669. The zero-order valence-electron chi connectivity index (χ0n) is 9.79. The molecule has 1 saturated heterocycles. The lowest BCUT2D eigenvalue weighted by atomic mass is 10.2. The molecule has 2 atom stereocenters. The second-order valence-corrected chi connectivity index (χ2v) is 6.32. The van der Waals surface area contributed by atoms with Gasteiger partial charge in [-0.1, -0.05) is 6.92 Å². The zero-order chi connectivity index (χ0) is 11.5. The van der Waals surface area contributed by atoms with Crippen LogP contribution in [-0.2, 0) is 4.74 Å². The maximum Gasteiger partial charge on any atom is 0.422 e. The third-order valence-corrected chi connectivity index (χ3v) is 3.33. The number of hydrazine groups is 1. The lowest BCUT2D eigenvalue weighted by Crippen LogP contribution is -2.46. The average Bonchev–Trinajstić information content (AvgIpc) is 2.45. The third kappa shape index (κ3) is 5.28. The SMILES string of the molecule is CC1CC(NNC(=O)OC(C)(C)C)CS1. The van der Waals surface area contributed by atoms with Crippen LogP contribution in [-0.4, -0.2) is 28.7 Å². The fraction of sp³-hybridized carbons (Fsp3) is 0.900. The van der Waals surface area contributed by atoms with Crippen LogP contribution in [0.2, 0.25) is 0 Å². The highest BCUT2D eigenvalue weighted by atomic mass is 32.2. The molecule has 0 saturated carbocycles. The number of hydrogen-bond donors (Lipinski definition) is 2. The minimum Gasteiger partial charge on any atom is -0.443 e. The predicted molar refractivity (Wildman–Crippen MR) is 62.8 cm³/mol. The van der Waals surface area contributed by atoms with Crippen molar-refractivity contribution in [3.05, 3.63) is 0 Å². The van der Waals surface area contributed by atoms with Crippen LogP contribution in [0.1, 0.15) is 34.1 Å². The molecule has 0 aromatic carbocycles. The van der Waals surface area contributed by atoms with E-state index in [2.05, 4.69) is 17.8 Å². The lowest BCUT2D eigenvalue weighted by molar-refractivity contribution is 0.0490. The molecule has 4 nitrogen and oxygen atoms in total. The van der Waals surface area contributed by atoms with E-state index in [1.807, 2.05) is 32.5 Å². The number of amides is 1. The van der Waals surface area contributed by atoms with Crippen LogP contribution in [0.25, 0.3) is 0 Å². The summed E-state index contributed by atoms with van der Waals surface area (Å²) in [7, 11) is 0. The highest BCUT2D eigenvalue weighted by molar-refractivity contribution is 8.00. The van der Waals surface area contributed by atoms with Gasteiger partial charge < -0.3 is 4.74 Å². The number of carbonyl (C=O) groups excluding carboxylic acids is 1. The summed E-state index contributed by atoms with van der Waals surface area (Å²) < 4.78 is 5.11. The minimum absolute atomic E-state index is 0.359. The first-order valence-electron chi connectivity index (χ1n) is 5.23. The molecule has 0 aliphatic carbocycles. The van der Waals surface area contributed by atoms with Gasteiger partial charge in [-0.15, -0.1) is 0 Å². The largest absolute Gasteiger partial charge is 0.443 e. The lowest BCUT2D eigenvalue weighted by Gasteiger charge is -2.21. The van der Waals surface area contributed by atoms with Crippen molar-refractivity contribution in [2.45, 2.75) is 51.0 Å². The predicted octanol–water partition coefficient (Wildman–Crippen LogP) is 1.91. The Labute approximate surface area is 95.5 Å². The van der Waals surface area contributed by atoms with E-state index in [0.29, 0.717) is 11.3 Å². The topological polar surface area (TPSA) is 50.4 Å². The number of ether oxygens (including phenoxy) is 1. The van der Waals surface area contributed by atoms with Crippen LogP contribution in [0.4, 0.5) is 4.79 Å². The average molecular weight is 232 g/mol. The van der Waals surface area contributed by atoms with Crippen molar-refractivity contribution in [1.29, 1.82) is 0 Å². The van der Waals surface area contributed by atoms with Crippen molar-refractivity contribution < 1.29 is 9.53 Å². The number of thioether (sulfide) groups is 1. The van der Waals surface area contributed by atoms with Gasteiger partial charge >= 0.3 is 6.09 Å². The molecule has 0 bridgehead atoms. The molecule has 1 aliphatic rings. The maximum atomic E-state index is 11.3. The molecular weight excluding hydrogens is 212 g/mol. The van der Waals surface area contributed by atoms with E-state index in [0.717, 1.165) is 12.2 Å². The Balaban J connectivity index is 2.17. The molecule has 88 valence electrons. The van der Waals surface area contributed by atoms with Crippen molar-refractivity contribution in [3.8, 4) is 0 Å². The van der Waals surface area contributed by atoms with Gasteiger partial charge in [0.1, 0.15) is 5.60 Å². The Morgan fingerprint density at radius 3 is 2.60 bits per heavy atom. The van der Waals surface area contributed by atoms with E-state index in [4.69, 9.17) is 4.74 Å². The van der Waals surface area contributed by atoms with Crippen LogP contribution in [0, 0.1) is 0 Å². The van der Waals surface area contributed by atoms with Crippen LogP contribution in [0.15, 0.2) is 0 Å².